The van der Waals surface area contributed by atoms with Gasteiger partial charge in [-0.2, -0.15) is 0 Å². The topological polar surface area (TPSA) is 9.23 Å². The Bertz CT molecular complexity index is 305. The second kappa shape index (κ2) is 22.2. The van der Waals surface area contributed by atoms with Gasteiger partial charge >= 0.3 is 0 Å². The molecule has 0 radical (unpaired) electrons. The van der Waals surface area contributed by atoms with Crippen molar-refractivity contribution in [3.05, 3.63) is 12.2 Å². The van der Waals surface area contributed by atoms with Crippen molar-refractivity contribution in [2.24, 2.45) is 0 Å². The van der Waals surface area contributed by atoms with Crippen LogP contribution in [0.2, 0.25) is 0 Å². The SMILES string of the molecule is CCCCCCCC/C=C\CCCCCCCCOC[N+](C)(C)CCC.[Cl-]. The maximum atomic E-state index is 5.83. The van der Waals surface area contributed by atoms with Gasteiger partial charge in [0.25, 0.3) is 0 Å². The number of hydrogen-bond donors (Lipinski definition) is 0. The molecule has 3 heteroatoms. The third-order valence-corrected chi connectivity index (χ3v) is 5.07. The van der Waals surface area contributed by atoms with Gasteiger partial charge in [-0.25, -0.2) is 0 Å². The lowest BCUT2D eigenvalue weighted by molar-refractivity contribution is -0.909. The first-order valence-corrected chi connectivity index (χ1v) is 11.7. The molecule has 0 atom stereocenters. The number of nitrogens with zero attached hydrogens (tertiary/aromatic N) is 1. The summed E-state index contributed by atoms with van der Waals surface area (Å²) in [6.45, 7) is 7.52. The molecule has 0 amide bonds. The van der Waals surface area contributed by atoms with Gasteiger partial charge < -0.3 is 21.6 Å². The summed E-state index contributed by atoms with van der Waals surface area (Å²) in [6.07, 6.45) is 25.1. The van der Waals surface area contributed by atoms with Crippen LogP contribution in [-0.2, 0) is 4.74 Å². The van der Waals surface area contributed by atoms with Crippen LogP contribution < -0.4 is 12.4 Å². The van der Waals surface area contributed by atoms with Crippen LogP contribution in [0.25, 0.3) is 0 Å². The van der Waals surface area contributed by atoms with Crippen LogP contribution in [0, 0.1) is 0 Å². The summed E-state index contributed by atoms with van der Waals surface area (Å²) < 4.78 is 6.82. The van der Waals surface area contributed by atoms with Gasteiger partial charge in [-0.1, -0.05) is 83.8 Å². The quantitative estimate of drug-likeness (QED) is 0.126. The number of ether oxygens (including phenoxy) is 1. The number of unbranched alkanes of at least 4 members (excludes halogenated alkanes) is 12. The zero-order valence-electron chi connectivity index (χ0n) is 19.1. The van der Waals surface area contributed by atoms with Gasteiger partial charge in [0.1, 0.15) is 0 Å². The lowest BCUT2D eigenvalue weighted by atomic mass is 10.1. The summed E-state index contributed by atoms with van der Waals surface area (Å²) in [6, 6.07) is 0. The van der Waals surface area contributed by atoms with Crippen LogP contribution in [0.5, 0.6) is 0 Å². The van der Waals surface area contributed by atoms with Gasteiger partial charge in [0.05, 0.1) is 27.2 Å². The molecule has 0 aromatic heterocycles. The van der Waals surface area contributed by atoms with Crippen molar-refractivity contribution in [1.29, 1.82) is 0 Å². The van der Waals surface area contributed by atoms with Crippen LogP contribution in [0.15, 0.2) is 12.2 Å². The average molecular weight is 404 g/mol. The smallest absolute Gasteiger partial charge is 0.182 e. The monoisotopic (exact) mass is 403 g/mol. The molecular weight excluding hydrogens is 354 g/mol. The van der Waals surface area contributed by atoms with E-state index in [0.717, 1.165) is 17.8 Å². The van der Waals surface area contributed by atoms with Gasteiger partial charge in [0.2, 0.25) is 0 Å². The molecule has 0 aromatic rings. The molecule has 0 aliphatic carbocycles. The highest BCUT2D eigenvalue weighted by Gasteiger charge is 2.12. The van der Waals surface area contributed by atoms with Crippen molar-refractivity contribution in [3.8, 4) is 0 Å². The third-order valence-electron chi connectivity index (χ3n) is 5.07. The molecule has 164 valence electrons. The largest absolute Gasteiger partial charge is 1.00 e. The molecule has 0 unspecified atom stereocenters. The minimum absolute atomic E-state index is 0. The lowest BCUT2D eigenvalue weighted by Crippen LogP contribution is -3.00. The molecule has 0 heterocycles. The Morgan fingerprint density at radius 2 is 1.11 bits per heavy atom. The van der Waals surface area contributed by atoms with Crippen LogP contribution in [0.3, 0.4) is 0 Å². The molecule has 0 N–H and O–H groups in total. The Labute approximate surface area is 178 Å². The summed E-state index contributed by atoms with van der Waals surface area (Å²) in [5, 5.41) is 0. The molecule has 0 rings (SSSR count). The molecular formula is C24H50ClNO. The van der Waals surface area contributed by atoms with Crippen LogP contribution in [0.4, 0.5) is 0 Å². The highest BCUT2D eigenvalue weighted by molar-refractivity contribution is 4.81. The van der Waals surface area contributed by atoms with Crippen molar-refractivity contribution >= 4 is 0 Å². The van der Waals surface area contributed by atoms with Crippen LogP contribution in [0.1, 0.15) is 110 Å². The first kappa shape index (κ1) is 29.2. The standard InChI is InChI=1S/C24H50NO.ClH/c1-5-7-8-9-10-11-12-13-14-15-16-17-18-19-20-21-23-26-24-25(3,4)22-6-2;/h13-14H,5-12,15-24H2,1-4H3;1H/q+1;/p-1/b14-13-;. The number of quaternary nitrogens is 1. The first-order valence-electron chi connectivity index (χ1n) is 11.7. The fourth-order valence-electron chi connectivity index (χ4n) is 3.43. The molecule has 0 aliphatic rings. The highest BCUT2D eigenvalue weighted by atomic mass is 35.5. The van der Waals surface area contributed by atoms with E-state index in [9.17, 15) is 0 Å². The third kappa shape index (κ3) is 23.9. The minimum Gasteiger partial charge on any atom is -1.00 e. The molecule has 0 bridgehead atoms. The van der Waals surface area contributed by atoms with Crippen molar-refractivity contribution in [3.63, 3.8) is 0 Å². The second-order valence-corrected chi connectivity index (χ2v) is 8.63. The zero-order valence-corrected chi connectivity index (χ0v) is 19.9. The molecule has 0 saturated heterocycles. The summed E-state index contributed by atoms with van der Waals surface area (Å²) in [5.74, 6) is 0. The van der Waals surface area contributed by atoms with Crippen molar-refractivity contribution in [2.45, 2.75) is 110 Å². The molecule has 2 nitrogen and oxygen atoms in total. The minimum atomic E-state index is 0. The molecule has 0 fully saturated rings. The number of allylic oxidation sites excluding steroid dienone is 2. The summed E-state index contributed by atoms with van der Waals surface area (Å²) in [4.78, 5) is 0. The van der Waals surface area contributed by atoms with E-state index in [0.29, 0.717) is 0 Å². The van der Waals surface area contributed by atoms with Gasteiger partial charge in [-0.05, 0) is 38.5 Å². The number of hydrogen-bond acceptors (Lipinski definition) is 1. The van der Waals surface area contributed by atoms with Crippen LogP contribution >= 0.6 is 0 Å². The Morgan fingerprint density at radius 1 is 0.630 bits per heavy atom. The van der Waals surface area contributed by atoms with Gasteiger partial charge in [0, 0.05) is 0 Å². The number of halogens is 1. The fraction of sp³-hybridized carbons (Fsp3) is 0.917. The summed E-state index contributed by atoms with van der Waals surface area (Å²) in [7, 11) is 4.51. The van der Waals surface area contributed by atoms with E-state index in [2.05, 4.69) is 40.1 Å². The van der Waals surface area contributed by atoms with Gasteiger partial charge in [-0.15, -0.1) is 0 Å². The second-order valence-electron chi connectivity index (χ2n) is 8.63. The molecule has 0 aromatic carbocycles. The Hall–Kier alpha value is -0.0500. The van der Waals surface area contributed by atoms with E-state index < -0.39 is 0 Å². The lowest BCUT2D eigenvalue weighted by Gasteiger charge is -2.28. The van der Waals surface area contributed by atoms with Crippen molar-refractivity contribution in [2.75, 3.05) is 34.0 Å². The van der Waals surface area contributed by atoms with Crippen LogP contribution in [-0.4, -0.2) is 38.5 Å². The zero-order chi connectivity index (χ0) is 19.3. The van der Waals surface area contributed by atoms with E-state index in [4.69, 9.17) is 4.74 Å². The number of rotatable bonds is 20. The normalized spacial score (nSPS) is 11.9. The molecule has 0 spiro atoms. The summed E-state index contributed by atoms with van der Waals surface area (Å²) in [5.41, 5.74) is 0. The fourth-order valence-corrected chi connectivity index (χ4v) is 3.43. The maximum absolute atomic E-state index is 5.83. The maximum Gasteiger partial charge on any atom is 0.182 e. The van der Waals surface area contributed by atoms with E-state index >= 15 is 0 Å². The van der Waals surface area contributed by atoms with E-state index in [1.807, 2.05) is 0 Å². The highest BCUT2D eigenvalue weighted by Crippen LogP contribution is 2.10. The van der Waals surface area contributed by atoms with Crippen molar-refractivity contribution in [1.82, 2.24) is 0 Å². The first-order chi connectivity index (χ1) is 12.6. The van der Waals surface area contributed by atoms with E-state index in [1.54, 1.807) is 0 Å². The van der Waals surface area contributed by atoms with Crippen molar-refractivity contribution < 1.29 is 21.6 Å². The molecule has 0 saturated carbocycles. The Kier molecular flexibility index (Phi) is 24.0. The van der Waals surface area contributed by atoms with Gasteiger partial charge in [-0.3, -0.25) is 0 Å². The predicted octanol–water partition coefficient (Wildman–Crippen LogP) is 4.49. The average Bonchev–Trinajstić information content (AvgIpc) is 2.60. The Balaban J connectivity index is 0. The molecule has 27 heavy (non-hydrogen) atoms. The van der Waals surface area contributed by atoms with E-state index in [1.165, 1.54) is 103 Å². The Morgan fingerprint density at radius 3 is 1.63 bits per heavy atom. The van der Waals surface area contributed by atoms with Gasteiger partial charge in [0.15, 0.2) is 6.73 Å². The van der Waals surface area contributed by atoms with E-state index in [-0.39, 0.29) is 12.4 Å². The predicted molar refractivity (Wildman–Crippen MR) is 118 cm³/mol. The summed E-state index contributed by atoms with van der Waals surface area (Å²) >= 11 is 0. The molecule has 0 aliphatic heterocycles.